The van der Waals surface area contributed by atoms with Gasteiger partial charge in [-0.3, -0.25) is 4.79 Å². The molecule has 0 heterocycles. The molecule has 0 aliphatic heterocycles. The molecule has 2 aromatic carbocycles. The summed E-state index contributed by atoms with van der Waals surface area (Å²) in [6.45, 7) is 0. The van der Waals surface area contributed by atoms with Gasteiger partial charge in [0.15, 0.2) is 0 Å². The van der Waals surface area contributed by atoms with Gasteiger partial charge in [0.05, 0.1) is 4.90 Å². The number of carbonyl (C=O) groups is 1. The lowest BCUT2D eigenvalue weighted by molar-refractivity contribution is 0.102. The third-order valence-electron chi connectivity index (χ3n) is 2.56. The molecule has 0 bridgehead atoms. The minimum Gasteiger partial charge on any atom is -0.322 e. The second kappa shape index (κ2) is 5.58. The van der Waals surface area contributed by atoms with Crippen molar-refractivity contribution < 1.29 is 22.0 Å². The Labute approximate surface area is 119 Å². The molecule has 0 fully saturated rings. The maximum absolute atomic E-state index is 13.3. The molecule has 0 radical (unpaired) electrons. The summed E-state index contributed by atoms with van der Waals surface area (Å²) >= 11 is 0. The summed E-state index contributed by atoms with van der Waals surface area (Å²) in [4.78, 5) is 11.4. The third-order valence-corrected chi connectivity index (χ3v) is 3.46. The zero-order valence-electron chi connectivity index (χ0n) is 10.5. The molecule has 0 aliphatic carbocycles. The van der Waals surface area contributed by atoms with Crippen molar-refractivity contribution in [3.63, 3.8) is 0 Å². The molecule has 0 saturated carbocycles. The van der Waals surface area contributed by atoms with Crippen molar-refractivity contribution in [3.8, 4) is 0 Å². The number of benzene rings is 2. The van der Waals surface area contributed by atoms with Crippen LogP contribution < -0.4 is 10.5 Å². The second-order valence-electron chi connectivity index (χ2n) is 4.18. The maximum Gasteiger partial charge on any atom is 0.255 e. The Bertz CT molecular complexity index is 790. The van der Waals surface area contributed by atoms with Crippen LogP contribution in [0.15, 0.2) is 47.4 Å². The van der Waals surface area contributed by atoms with Gasteiger partial charge in [0, 0.05) is 11.3 Å². The van der Waals surface area contributed by atoms with E-state index in [1.54, 1.807) is 0 Å². The van der Waals surface area contributed by atoms with E-state index in [2.05, 4.69) is 5.32 Å². The Kier molecular flexibility index (Phi) is 4.01. The van der Waals surface area contributed by atoms with Crippen LogP contribution in [-0.4, -0.2) is 14.3 Å². The molecule has 0 saturated heterocycles. The van der Waals surface area contributed by atoms with E-state index in [1.807, 2.05) is 0 Å². The first-order valence-electron chi connectivity index (χ1n) is 5.66. The molecule has 2 aromatic rings. The van der Waals surface area contributed by atoms with Crippen LogP contribution in [0, 0.1) is 11.6 Å². The molecular weight excluding hydrogens is 302 g/mol. The summed E-state index contributed by atoms with van der Waals surface area (Å²) in [5, 5.41) is 7.21. The Morgan fingerprint density at radius 2 is 1.62 bits per heavy atom. The number of hydrogen-bond acceptors (Lipinski definition) is 3. The van der Waals surface area contributed by atoms with Crippen molar-refractivity contribution in [2.24, 2.45) is 5.14 Å². The summed E-state index contributed by atoms with van der Waals surface area (Å²) < 4.78 is 48.5. The number of nitrogens with two attached hydrogens (primary N) is 1. The average molecular weight is 312 g/mol. The number of amides is 1. The minimum absolute atomic E-state index is 0.0756. The van der Waals surface area contributed by atoms with E-state index in [-0.39, 0.29) is 11.3 Å². The van der Waals surface area contributed by atoms with Crippen molar-refractivity contribution in [2.75, 3.05) is 5.32 Å². The zero-order valence-corrected chi connectivity index (χ0v) is 11.3. The first-order chi connectivity index (χ1) is 9.75. The van der Waals surface area contributed by atoms with Gasteiger partial charge in [-0.1, -0.05) is 0 Å². The fourth-order valence-corrected chi connectivity index (χ4v) is 2.17. The number of anilines is 1. The molecule has 3 N–H and O–H groups in total. The summed E-state index contributed by atoms with van der Waals surface area (Å²) in [6.07, 6.45) is 0. The largest absolute Gasteiger partial charge is 0.322 e. The summed E-state index contributed by atoms with van der Waals surface area (Å²) in [5.41, 5.74) is 0.0613. The third kappa shape index (κ3) is 3.83. The van der Waals surface area contributed by atoms with Crippen molar-refractivity contribution in [3.05, 3.63) is 59.7 Å². The van der Waals surface area contributed by atoms with Gasteiger partial charge in [0.1, 0.15) is 11.6 Å². The van der Waals surface area contributed by atoms with Crippen molar-refractivity contribution in [1.29, 1.82) is 0 Å². The summed E-state index contributed by atoms with van der Waals surface area (Å²) in [6, 6.07) is 7.38. The Morgan fingerprint density at radius 3 is 2.19 bits per heavy atom. The lowest BCUT2D eigenvalue weighted by Gasteiger charge is -2.07. The molecule has 0 atom stereocenters. The van der Waals surface area contributed by atoms with E-state index in [1.165, 1.54) is 12.1 Å². The highest BCUT2D eigenvalue weighted by molar-refractivity contribution is 7.89. The van der Waals surface area contributed by atoms with E-state index in [0.717, 1.165) is 30.3 Å². The van der Waals surface area contributed by atoms with Crippen LogP contribution in [0.5, 0.6) is 0 Å². The highest BCUT2D eigenvalue weighted by Gasteiger charge is 2.13. The maximum atomic E-state index is 13.3. The van der Waals surface area contributed by atoms with Crippen LogP contribution in [0.4, 0.5) is 14.5 Å². The molecule has 0 spiro atoms. The fraction of sp³-hybridized carbons (Fsp3) is 0. The topological polar surface area (TPSA) is 89.3 Å². The molecule has 8 heteroatoms. The molecule has 21 heavy (non-hydrogen) atoms. The van der Waals surface area contributed by atoms with Crippen molar-refractivity contribution >= 4 is 21.6 Å². The molecule has 0 aromatic heterocycles. The first-order valence-corrected chi connectivity index (χ1v) is 7.20. The second-order valence-corrected chi connectivity index (χ2v) is 5.74. The summed E-state index contributed by atoms with van der Waals surface area (Å²) in [7, 11) is -4.09. The normalized spacial score (nSPS) is 11.2. The Morgan fingerprint density at radius 1 is 1.00 bits per heavy atom. The van der Waals surface area contributed by atoms with Crippen LogP contribution in [-0.2, 0) is 10.0 Å². The van der Waals surface area contributed by atoms with Crippen LogP contribution >= 0.6 is 0 Å². The Balaban J connectivity index is 2.29. The zero-order chi connectivity index (χ0) is 15.6. The molecular formula is C13H10F2N2O3S. The number of hydrogen-bond donors (Lipinski definition) is 2. The van der Waals surface area contributed by atoms with Gasteiger partial charge in [-0.2, -0.15) is 0 Å². The average Bonchev–Trinajstić information content (AvgIpc) is 2.37. The molecule has 5 nitrogen and oxygen atoms in total. The van der Waals surface area contributed by atoms with Gasteiger partial charge < -0.3 is 5.32 Å². The monoisotopic (exact) mass is 312 g/mol. The number of nitrogens with one attached hydrogen (secondary N) is 1. The van der Waals surface area contributed by atoms with Crippen molar-refractivity contribution in [1.82, 2.24) is 0 Å². The lowest BCUT2D eigenvalue weighted by Crippen LogP contribution is -2.15. The van der Waals surface area contributed by atoms with Crippen LogP contribution in [0.2, 0.25) is 0 Å². The highest BCUT2D eigenvalue weighted by Crippen LogP contribution is 2.18. The van der Waals surface area contributed by atoms with E-state index in [0.29, 0.717) is 0 Å². The molecule has 0 unspecified atom stereocenters. The van der Waals surface area contributed by atoms with E-state index in [9.17, 15) is 22.0 Å². The molecule has 2 rings (SSSR count). The quantitative estimate of drug-likeness (QED) is 0.906. The first kappa shape index (κ1) is 15.1. The Hall–Kier alpha value is -2.32. The molecule has 110 valence electrons. The van der Waals surface area contributed by atoms with Gasteiger partial charge in [-0.05, 0) is 42.5 Å². The van der Waals surface area contributed by atoms with Crippen molar-refractivity contribution in [2.45, 2.75) is 4.90 Å². The van der Waals surface area contributed by atoms with Crippen LogP contribution in [0.25, 0.3) is 0 Å². The smallest absolute Gasteiger partial charge is 0.255 e. The van der Waals surface area contributed by atoms with Gasteiger partial charge >= 0.3 is 0 Å². The predicted octanol–water partition coefficient (Wildman–Crippen LogP) is 1.86. The van der Waals surface area contributed by atoms with E-state index in [4.69, 9.17) is 5.14 Å². The highest BCUT2D eigenvalue weighted by atomic mass is 32.2. The number of halogens is 2. The number of rotatable bonds is 3. The summed E-state index contributed by atoms with van der Waals surface area (Å²) in [5.74, 6) is -2.01. The molecule has 0 aliphatic rings. The van der Waals surface area contributed by atoms with E-state index >= 15 is 0 Å². The van der Waals surface area contributed by atoms with Gasteiger partial charge in [-0.25, -0.2) is 22.3 Å². The number of carbonyl (C=O) groups excluding carboxylic acids is 1. The predicted molar refractivity (Wildman–Crippen MR) is 72.1 cm³/mol. The van der Waals surface area contributed by atoms with Gasteiger partial charge in [0.2, 0.25) is 10.0 Å². The SMILES string of the molecule is NS(=O)(=O)c1cc(F)cc(NC(=O)c2ccc(F)cc2)c1. The van der Waals surface area contributed by atoms with Crippen LogP contribution in [0.1, 0.15) is 10.4 Å². The number of primary sulfonamides is 1. The fourth-order valence-electron chi connectivity index (χ4n) is 1.60. The standard InChI is InChI=1S/C13H10F2N2O3S/c14-9-3-1-8(2-4-9)13(18)17-11-5-10(15)6-12(7-11)21(16,19)20/h1-7H,(H,17,18)(H2,16,19,20). The van der Waals surface area contributed by atoms with Gasteiger partial charge in [0.25, 0.3) is 5.91 Å². The minimum atomic E-state index is -4.09. The number of sulfonamides is 1. The van der Waals surface area contributed by atoms with Crippen LogP contribution in [0.3, 0.4) is 0 Å². The van der Waals surface area contributed by atoms with Gasteiger partial charge in [-0.15, -0.1) is 0 Å². The lowest BCUT2D eigenvalue weighted by atomic mass is 10.2. The van der Waals surface area contributed by atoms with E-state index < -0.39 is 32.5 Å². The molecule has 1 amide bonds.